The first kappa shape index (κ1) is 17.2. The fourth-order valence-electron chi connectivity index (χ4n) is 3.83. The summed E-state index contributed by atoms with van der Waals surface area (Å²) in [6.07, 6.45) is 6.88. The third kappa shape index (κ3) is 3.03. The first-order chi connectivity index (χ1) is 12.5. The van der Waals surface area contributed by atoms with Gasteiger partial charge >= 0.3 is 0 Å². The van der Waals surface area contributed by atoms with Gasteiger partial charge < -0.3 is 8.94 Å². The molecule has 0 aliphatic heterocycles. The van der Waals surface area contributed by atoms with Crippen LogP contribution in [0.2, 0.25) is 0 Å². The minimum absolute atomic E-state index is 0.0870. The fraction of sp³-hybridized carbons (Fsp3) is 0.444. The van der Waals surface area contributed by atoms with E-state index in [9.17, 15) is 8.42 Å². The van der Waals surface area contributed by atoms with E-state index in [0.717, 1.165) is 42.3 Å². The molecule has 1 saturated carbocycles. The van der Waals surface area contributed by atoms with E-state index in [1.165, 1.54) is 0 Å². The fourth-order valence-corrected chi connectivity index (χ4v) is 5.47. The topological polar surface area (TPSA) is 98.2 Å². The van der Waals surface area contributed by atoms with Gasteiger partial charge in [-0.1, -0.05) is 5.16 Å². The van der Waals surface area contributed by atoms with Crippen LogP contribution < -0.4 is 4.72 Å². The van der Waals surface area contributed by atoms with Crippen molar-refractivity contribution in [1.82, 2.24) is 14.9 Å². The van der Waals surface area contributed by atoms with Crippen molar-refractivity contribution in [3.05, 3.63) is 41.6 Å². The number of hydrogen-bond donors (Lipinski definition) is 1. The normalized spacial score (nSPS) is 21.3. The highest BCUT2D eigenvalue weighted by atomic mass is 32.2. The number of aryl methyl sites for hydroxylation is 2. The van der Waals surface area contributed by atoms with E-state index in [2.05, 4.69) is 14.9 Å². The van der Waals surface area contributed by atoms with Crippen molar-refractivity contribution in [3.8, 4) is 0 Å². The van der Waals surface area contributed by atoms with Crippen LogP contribution in [0.1, 0.15) is 48.6 Å². The molecular formula is C18H21N3O4S. The molecule has 26 heavy (non-hydrogen) atoms. The summed E-state index contributed by atoms with van der Waals surface area (Å²) in [6, 6.07) is 3.68. The predicted octanol–water partition coefficient (Wildman–Crippen LogP) is 3.44. The van der Waals surface area contributed by atoms with Crippen LogP contribution in [0, 0.1) is 13.8 Å². The molecule has 1 fully saturated rings. The summed E-state index contributed by atoms with van der Waals surface area (Å²) in [5, 5.41) is 3.74. The zero-order valence-electron chi connectivity index (χ0n) is 14.7. The summed E-state index contributed by atoms with van der Waals surface area (Å²) < 4.78 is 38.7. The smallest absolute Gasteiger partial charge is 0.246 e. The molecule has 0 radical (unpaired) electrons. The SMILES string of the molecule is Cc1noc(C)c1S(=O)(=O)N[C@H]1CC[C@H](c2coc3cccnc32)CC1. The maximum absolute atomic E-state index is 12.7. The van der Waals surface area contributed by atoms with Crippen LogP contribution in [0.4, 0.5) is 0 Å². The molecule has 8 heteroatoms. The Labute approximate surface area is 151 Å². The average molecular weight is 375 g/mol. The Morgan fingerprint density at radius 3 is 2.65 bits per heavy atom. The maximum Gasteiger partial charge on any atom is 0.246 e. The van der Waals surface area contributed by atoms with Crippen molar-refractivity contribution in [3.63, 3.8) is 0 Å². The van der Waals surface area contributed by atoms with Gasteiger partial charge in [-0.2, -0.15) is 0 Å². The van der Waals surface area contributed by atoms with Crippen LogP contribution in [0.5, 0.6) is 0 Å². The number of fused-ring (bicyclic) bond motifs is 1. The molecule has 0 atom stereocenters. The highest BCUT2D eigenvalue weighted by Gasteiger charge is 2.31. The second kappa shape index (κ2) is 6.51. The van der Waals surface area contributed by atoms with Gasteiger partial charge in [0.05, 0.1) is 6.26 Å². The molecule has 1 aliphatic carbocycles. The van der Waals surface area contributed by atoms with E-state index in [0.29, 0.717) is 17.4 Å². The Morgan fingerprint density at radius 2 is 1.96 bits per heavy atom. The maximum atomic E-state index is 12.7. The highest BCUT2D eigenvalue weighted by Crippen LogP contribution is 2.37. The Kier molecular flexibility index (Phi) is 4.32. The number of hydrogen-bond acceptors (Lipinski definition) is 6. The zero-order chi connectivity index (χ0) is 18.3. The summed E-state index contributed by atoms with van der Waals surface area (Å²) in [4.78, 5) is 4.58. The number of rotatable bonds is 4. The second-order valence-corrected chi connectivity index (χ2v) is 8.52. The van der Waals surface area contributed by atoms with Crippen molar-refractivity contribution in [1.29, 1.82) is 0 Å². The summed E-state index contributed by atoms with van der Waals surface area (Å²) in [5.74, 6) is 0.658. The number of nitrogens with zero attached hydrogens (tertiary/aromatic N) is 2. The number of sulfonamides is 1. The van der Waals surface area contributed by atoms with E-state index in [1.54, 1.807) is 26.3 Å². The van der Waals surface area contributed by atoms with Crippen molar-refractivity contribution in [2.75, 3.05) is 0 Å². The lowest BCUT2D eigenvalue weighted by Crippen LogP contribution is -2.37. The molecule has 3 aromatic heterocycles. The Balaban J connectivity index is 1.46. The Hall–Kier alpha value is -2.19. The van der Waals surface area contributed by atoms with Gasteiger partial charge in [-0.3, -0.25) is 4.98 Å². The quantitative estimate of drug-likeness (QED) is 0.750. The van der Waals surface area contributed by atoms with Crippen LogP contribution in [0.15, 0.2) is 38.4 Å². The number of nitrogens with one attached hydrogen (secondary N) is 1. The first-order valence-corrected chi connectivity index (χ1v) is 10.2. The van der Waals surface area contributed by atoms with Gasteiger partial charge in [0.1, 0.15) is 16.1 Å². The summed E-state index contributed by atoms with van der Waals surface area (Å²) in [7, 11) is -3.62. The molecule has 1 N–H and O–H groups in total. The zero-order valence-corrected chi connectivity index (χ0v) is 15.5. The van der Waals surface area contributed by atoms with E-state index in [1.807, 2.05) is 12.1 Å². The number of furan rings is 1. The van der Waals surface area contributed by atoms with E-state index < -0.39 is 10.0 Å². The van der Waals surface area contributed by atoms with Crippen LogP contribution in [-0.2, 0) is 10.0 Å². The molecule has 0 amide bonds. The van der Waals surface area contributed by atoms with Gasteiger partial charge in [0.15, 0.2) is 11.3 Å². The van der Waals surface area contributed by atoms with Crippen LogP contribution >= 0.6 is 0 Å². The lowest BCUT2D eigenvalue weighted by molar-refractivity contribution is 0.372. The van der Waals surface area contributed by atoms with Crippen LogP contribution in [-0.4, -0.2) is 24.6 Å². The lowest BCUT2D eigenvalue weighted by atomic mass is 9.82. The Bertz CT molecular complexity index is 1010. The standard InChI is InChI=1S/C18H21N3O4S/c1-11-18(12(2)25-20-11)26(22,23)21-14-7-5-13(6-8-14)15-10-24-16-4-3-9-19-17(15)16/h3-4,9-10,13-14,21H,5-8H2,1-2H3/t13-,14-. The molecule has 1 aliphatic rings. The number of pyridine rings is 1. The highest BCUT2D eigenvalue weighted by molar-refractivity contribution is 7.89. The van der Waals surface area contributed by atoms with Crippen molar-refractivity contribution in [2.24, 2.45) is 0 Å². The molecule has 0 bridgehead atoms. The van der Waals surface area contributed by atoms with Crippen LogP contribution in [0.3, 0.4) is 0 Å². The van der Waals surface area contributed by atoms with Gasteiger partial charge in [-0.05, 0) is 57.6 Å². The second-order valence-electron chi connectivity index (χ2n) is 6.86. The van der Waals surface area contributed by atoms with E-state index >= 15 is 0 Å². The summed E-state index contributed by atoms with van der Waals surface area (Å²) >= 11 is 0. The van der Waals surface area contributed by atoms with Gasteiger partial charge in [0.2, 0.25) is 10.0 Å². The molecule has 0 spiro atoms. The monoisotopic (exact) mass is 375 g/mol. The molecule has 3 heterocycles. The van der Waals surface area contributed by atoms with Gasteiger partial charge in [-0.15, -0.1) is 0 Å². The molecule has 3 aromatic rings. The van der Waals surface area contributed by atoms with E-state index in [-0.39, 0.29) is 10.9 Å². The summed E-state index contributed by atoms with van der Waals surface area (Å²) in [6.45, 7) is 3.25. The minimum Gasteiger partial charge on any atom is -0.462 e. The van der Waals surface area contributed by atoms with Gasteiger partial charge in [0.25, 0.3) is 0 Å². The van der Waals surface area contributed by atoms with Gasteiger partial charge in [0, 0.05) is 17.8 Å². The molecule has 7 nitrogen and oxygen atoms in total. The molecule has 0 aromatic carbocycles. The number of aromatic nitrogens is 2. The lowest BCUT2D eigenvalue weighted by Gasteiger charge is -2.28. The molecule has 138 valence electrons. The minimum atomic E-state index is -3.62. The largest absolute Gasteiger partial charge is 0.462 e. The van der Waals surface area contributed by atoms with E-state index in [4.69, 9.17) is 8.94 Å². The average Bonchev–Trinajstić information content (AvgIpc) is 3.19. The van der Waals surface area contributed by atoms with Crippen LogP contribution in [0.25, 0.3) is 11.1 Å². The van der Waals surface area contributed by atoms with Gasteiger partial charge in [-0.25, -0.2) is 13.1 Å². The van der Waals surface area contributed by atoms with Crippen molar-refractivity contribution in [2.45, 2.75) is 56.4 Å². The molecular weight excluding hydrogens is 354 g/mol. The predicted molar refractivity (Wildman–Crippen MR) is 95.3 cm³/mol. The molecule has 0 saturated heterocycles. The Morgan fingerprint density at radius 1 is 1.19 bits per heavy atom. The third-order valence-electron chi connectivity index (χ3n) is 5.08. The third-order valence-corrected chi connectivity index (χ3v) is 6.85. The van der Waals surface area contributed by atoms with Crippen molar-refractivity contribution < 1.29 is 17.4 Å². The van der Waals surface area contributed by atoms with Crippen molar-refractivity contribution >= 4 is 21.1 Å². The first-order valence-electron chi connectivity index (χ1n) is 8.73. The molecule has 0 unspecified atom stereocenters. The molecule has 4 rings (SSSR count). The summed E-state index contributed by atoms with van der Waals surface area (Å²) in [5.41, 5.74) is 3.21.